The van der Waals surface area contributed by atoms with Gasteiger partial charge in [-0.15, -0.1) is 0 Å². The molecular weight excluding hydrogens is 336 g/mol. The summed E-state index contributed by atoms with van der Waals surface area (Å²) >= 11 is 0. The molecule has 2 heterocycles. The van der Waals surface area contributed by atoms with Gasteiger partial charge >= 0.3 is 6.09 Å². The summed E-state index contributed by atoms with van der Waals surface area (Å²) in [4.78, 5) is 14.2. The number of hydrogen-bond acceptors (Lipinski definition) is 6. The summed E-state index contributed by atoms with van der Waals surface area (Å²) < 4.78 is 16.8. The van der Waals surface area contributed by atoms with Crippen LogP contribution >= 0.6 is 0 Å². The van der Waals surface area contributed by atoms with Crippen LogP contribution in [0.15, 0.2) is 12.2 Å². The minimum Gasteiger partial charge on any atom is -0.444 e. The number of allylic oxidation sites excluding steroid dienone is 1. The number of rotatable bonds is 3. The molecule has 0 unspecified atom stereocenters. The quantitative estimate of drug-likeness (QED) is 0.772. The van der Waals surface area contributed by atoms with Crippen LogP contribution in [0, 0.1) is 17.2 Å². The molecule has 146 valence electrons. The van der Waals surface area contributed by atoms with E-state index in [-0.39, 0.29) is 12.5 Å². The van der Waals surface area contributed by atoms with Gasteiger partial charge in [0.05, 0.1) is 18.7 Å². The van der Waals surface area contributed by atoms with Gasteiger partial charge in [0, 0.05) is 5.92 Å². The van der Waals surface area contributed by atoms with Gasteiger partial charge < -0.3 is 19.3 Å². The molecule has 5 atom stereocenters. The van der Waals surface area contributed by atoms with E-state index in [0.29, 0.717) is 6.42 Å². The topological polar surface area (TPSA) is 92.0 Å². The van der Waals surface area contributed by atoms with Crippen molar-refractivity contribution in [2.75, 3.05) is 6.61 Å². The highest BCUT2D eigenvalue weighted by atomic mass is 16.7. The Hall–Kier alpha value is -1.62. The largest absolute Gasteiger partial charge is 0.444 e. The minimum absolute atomic E-state index is 0.167. The van der Waals surface area contributed by atoms with Crippen molar-refractivity contribution in [2.45, 2.75) is 83.6 Å². The molecule has 26 heavy (non-hydrogen) atoms. The average molecular weight is 366 g/mol. The Labute approximate surface area is 155 Å². The van der Waals surface area contributed by atoms with E-state index in [1.54, 1.807) is 34.6 Å². The summed E-state index contributed by atoms with van der Waals surface area (Å²) in [6.07, 6.45) is 2.06. The standard InChI is InChI=1S/C19H30N2O5/c1-7-8-12-9-13(10-20)21(17(23)26-18(2,3)4)15(12)16(22)14-11-24-19(5,6)25-14/h7-8,12-16,22H,9,11H2,1-6H3/b8-7-/t12-,13-,14-,15-,16-/m1/s1. The first kappa shape index (κ1) is 20.7. The van der Waals surface area contributed by atoms with Gasteiger partial charge in [0.2, 0.25) is 0 Å². The van der Waals surface area contributed by atoms with Crippen LogP contribution in [0.2, 0.25) is 0 Å². The van der Waals surface area contributed by atoms with Crippen molar-refractivity contribution in [1.29, 1.82) is 5.26 Å². The molecule has 1 amide bonds. The molecule has 7 nitrogen and oxygen atoms in total. The molecule has 2 aliphatic heterocycles. The maximum atomic E-state index is 12.8. The van der Waals surface area contributed by atoms with Crippen LogP contribution in [-0.4, -0.2) is 58.4 Å². The first-order valence-electron chi connectivity index (χ1n) is 9.02. The third-order valence-electron chi connectivity index (χ3n) is 4.55. The first-order chi connectivity index (χ1) is 12.0. The zero-order valence-corrected chi connectivity index (χ0v) is 16.4. The van der Waals surface area contributed by atoms with Crippen molar-refractivity contribution in [3.8, 4) is 6.07 Å². The summed E-state index contributed by atoms with van der Waals surface area (Å²) in [6, 6.07) is 0.886. The predicted molar refractivity (Wildman–Crippen MR) is 95.1 cm³/mol. The highest BCUT2D eigenvalue weighted by molar-refractivity contribution is 5.70. The fourth-order valence-electron chi connectivity index (χ4n) is 3.56. The van der Waals surface area contributed by atoms with Gasteiger partial charge in [-0.25, -0.2) is 4.79 Å². The van der Waals surface area contributed by atoms with Crippen molar-refractivity contribution >= 4 is 6.09 Å². The Morgan fingerprint density at radius 1 is 1.46 bits per heavy atom. The van der Waals surface area contributed by atoms with E-state index in [0.717, 1.165) is 0 Å². The van der Waals surface area contributed by atoms with Gasteiger partial charge in [-0.2, -0.15) is 5.26 Å². The van der Waals surface area contributed by atoms with Crippen molar-refractivity contribution in [3.05, 3.63) is 12.2 Å². The number of amides is 1. The lowest BCUT2D eigenvalue weighted by molar-refractivity contribution is -0.156. The Morgan fingerprint density at radius 2 is 2.12 bits per heavy atom. The Kier molecular flexibility index (Phi) is 6.01. The SMILES string of the molecule is C/C=C\[C@@H]1C[C@H](C#N)N(C(=O)OC(C)(C)C)[C@H]1[C@H](O)[C@H]1COC(C)(C)O1. The lowest BCUT2D eigenvalue weighted by Gasteiger charge is -2.35. The number of likely N-dealkylation sites (tertiary alicyclic amines) is 1. The number of hydrogen-bond donors (Lipinski definition) is 1. The van der Waals surface area contributed by atoms with Crippen molar-refractivity contribution < 1.29 is 24.1 Å². The molecule has 0 aromatic rings. The highest BCUT2D eigenvalue weighted by Crippen LogP contribution is 2.37. The molecule has 0 bridgehead atoms. The van der Waals surface area contributed by atoms with Gasteiger partial charge in [-0.1, -0.05) is 12.2 Å². The predicted octanol–water partition coefficient (Wildman–Crippen LogP) is 2.59. The molecule has 0 saturated carbocycles. The lowest BCUT2D eigenvalue weighted by atomic mass is 9.92. The number of aliphatic hydroxyl groups excluding tert-OH is 1. The Bertz CT molecular complexity index is 590. The number of carbonyl (C=O) groups is 1. The van der Waals surface area contributed by atoms with Crippen LogP contribution in [0.25, 0.3) is 0 Å². The second-order valence-corrected chi connectivity index (χ2v) is 8.31. The van der Waals surface area contributed by atoms with Crippen molar-refractivity contribution in [3.63, 3.8) is 0 Å². The number of nitriles is 1. The Morgan fingerprint density at radius 3 is 2.58 bits per heavy atom. The van der Waals surface area contributed by atoms with Gasteiger partial charge in [0.1, 0.15) is 23.9 Å². The highest BCUT2D eigenvalue weighted by Gasteiger charge is 2.51. The van der Waals surface area contributed by atoms with E-state index in [4.69, 9.17) is 14.2 Å². The van der Waals surface area contributed by atoms with E-state index in [1.165, 1.54) is 4.90 Å². The molecule has 0 aliphatic carbocycles. The summed E-state index contributed by atoms with van der Waals surface area (Å²) in [5.74, 6) is -0.953. The zero-order valence-electron chi connectivity index (χ0n) is 16.4. The number of aliphatic hydroxyl groups is 1. The fraction of sp³-hybridized carbons (Fsp3) is 0.789. The molecule has 0 aromatic carbocycles. The third kappa shape index (κ3) is 4.56. The molecule has 0 radical (unpaired) electrons. The van der Waals surface area contributed by atoms with Crippen LogP contribution in [0.5, 0.6) is 0 Å². The van der Waals surface area contributed by atoms with E-state index < -0.39 is 41.8 Å². The minimum atomic E-state index is -0.996. The second-order valence-electron chi connectivity index (χ2n) is 8.31. The van der Waals surface area contributed by atoms with Crippen LogP contribution in [0.4, 0.5) is 4.79 Å². The molecule has 2 saturated heterocycles. The number of carbonyl (C=O) groups excluding carboxylic acids is 1. The number of ether oxygens (including phenoxy) is 3. The molecule has 7 heteroatoms. The maximum absolute atomic E-state index is 12.8. The molecule has 2 fully saturated rings. The zero-order chi connectivity index (χ0) is 19.7. The van der Waals surface area contributed by atoms with Crippen LogP contribution in [-0.2, 0) is 14.2 Å². The Balaban J connectivity index is 2.31. The van der Waals surface area contributed by atoms with E-state index in [1.807, 2.05) is 19.1 Å². The third-order valence-corrected chi connectivity index (χ3v) is 4.55. The lowest BCUT2D eigenvalue weighted by Crippen LogP contribution is -2.53. The molecule has 2 aliphatic rings. The summed E-state index contributed by atoms with van der Waals surface area (Å²) in [5, 5.41) is 20.6. The van der Waals surface area contributed by atoms with Crippen LogP contribution < -0.4 is 0 Å². The second kappa shape index (κ2) is 7.55. The van der Waals surface area contributed by atoms with Gasteiger partial charge in [-0.3, -0.25) is 4.90 Å². The molecular formula is C19H30N2O5. The first-order valence-corrected chi connectivity index (χ1v) is 9.02. The monoisotopic (exact) mass is 366 g/mol. The van der Waals surface area contributed by atoms with Crippen LogP contribution in [0.3, 0.4) is 0 Å². The molecule has 0 spiro atoms. The van der Waals surface area contributed by atoms with Crippen molar-refractivity contribution in [1.82, 2.24) is 4.90 Å². The van der Waals surface area contributed by atoms with Crippen molar-refractivity contribution in [2.24, 2.45) is 5.92 Å². The molecule has 0 aromatic heterocycles. The fourth-order valence-corrected chi connectivity index (χ4v) is 3.56. The average Bonchev–Trinajstić information content (AvgIpc) is 3.05. The van der Waals surface area contributed by atoms with Crippen LogP contribution in [0.1, 0.15) is 48.0 Å². The van der Waals surface area contributed by atoms with E-state index in [9.17, 15) is 15.2 Å². The molecule has 2 rings (SSSR count). The van der Waals surface area contributed by atoms with E-state index in [2.05, 4.69) is 6.07 Å². The van der Waals surface area contributed by atoms with Gasteiger partial charge in [0.15, 0.2) is 5.79 Å². The summed E-state index contributed by atoms with van der Waals surface area (Å²) in [7, 11) is 0. The van der Waals surface area contributed by atoms with Gasteiger partial charge in [-0.05, 0) is 48.0 Å². The molecule has 1 N–H and O–H groups in total. The maximum Gasteiger partial charge on any atom is 0.411 e. The van der Waals surface area contributed by atoms with Gasteiger partial charge in [0.25, 0.3) is 0 Å². The summed E-state index contributed by atoms with van der Waals surface area (Å²) in [5.41, 5.74) is -0.694. The number of nitrogens with zero attached hydrogens (tertiary/aromatic N) is 2. The summed E-state index contributed by atoms with van der Waals surface area (Å²) in [6.45, 7) is 11.0. The normalized spacial score (nSPS) is 32.6. The smallest absolute Gasteiger partial charge is 0.411 e. The van der Waals surface area contributed by atoms with E-state index >= 15 is 0 Å².